The van der Waals surface area contributed by atoms with E-state index in [1.165, 1.54) is 4.90 Å². The number of fused-ring (bicyclic) bond motifs is 2. The fourth-order valence-electron chi connectivity index (χ4n) is 4.42. The van der Waals surface area contributed by atoms with Gasteiger partial charge in [-0.3, -0.25) is 9.59 Å². The Morgan fingerprint density at radius 1 is 1.06 bits per heavy atom. The second-order valence-corrected chi connectivity index (χ2v) is 9.10. The number of aryl methyl sites for hydroxylation is 1. The van der Waals surface area contributed by atoms with E-state index in [1.807, 2.05) is 42.2 Å². The summed E-state index contributed by atoms with van der Waals surface area (Å²) < 4.78 is 6.82. The quantitative estimate of drug-likeness (QED) is 0.556. The summed E-state index contributed by atoms with van der Waals surface area (Å²) in [4.78, 5) is 30.2. The van der Waals surface area contributed by atoms with Crippen LogP contribution in [0.4, 0.5) is 0 Å². The molecule has 0 unspecified atom stereocenters. The van der Waals surface area contributed by atoms with Gasteiger partial charge >= 0.3 is 0 Å². The molecular weight excluding hydrogens is 456 g/mol. The molecule has 0 aliphatic carbocycles. The molecule has 1 atom stereocenters. The van der Waals surface area contributed by atoms with Crippen molar-refractivity contribution in [2.45, 2.75) is 33.2 Å². The van der Waals surface area contributed by atoms with Gasteiger partial charge in [0.25, 0.3) is 5.91 Å². The lowest BCUT2D eigenvalue weighted by atomic mass is 9.97. The predicted octanol–water partition coefficient (Wildman–Crippen LogP) is 3.72. The van der Waals surface area contributed by atoms with Gasteiger partial charge in [-0.1, -0.05) is 45.8 Å². The van der Waals surface area contributed by atoms with Gasteiger partial charge in [-0.05, 0) is 44.5 Å². The Morgan fingerprint density at radius 3 is 2.45 bits per heavy atom. The van der Waals surface area contributed by atoms with Crippen LogP contribution < -0.4 is 10.3 Å². The molecule has 2 aromatic carbocycles. The highest BCUT2D eigenvalue weighted by molar-refractivity contribution is 9.10. The SMILES string of the molecule is CC[NH+](CC)CCCN1C(=O)c2oc3ccc(Br)cc3c(=O)c2[C@H]1c1ccc(C)cc1. The van der Waals surface area contributed by atoms with Crippen molar-refractivity contribution in [3.63, 3.8) is 0 Å². The van der Waals surface area contributed by atoms with Crippen molar-refractivity contribution in [2.75, 3.05) is 26.2 Å². The van der Waals surface area contributed by atoms with Crippen molar-refractivity contribution in [1.29, 1.82) is 0 Å². The number of hydrogen-bond acceptors (Lipinski definition) is 3. The predicted molar refractivity (Wildman–Crippen MR) is 126 cm³/mol. The minimum Gasteiger partial charge on any atom is -0.450 e. The normalized spacial score (nSPS) is 15.8. The Balaban J connectivity index is 1.80. The first-order chi connectivity index (χ1) is 14.9. The largest absolute Gasteiger partial charge is 0.450 e. The molecule has 2 heterocycles. The number of halogens is 1. The van der Waals surface area contributed by atoms with Crippen molar-refractivity contribution in [2.24, 2.45) is 0 Å². The number of quaternary nitrogens is 1. The van der Waals surface area contributed by atoms with Gasteiger partial charge in [-0.15, -0.1) is 0 Å². The van der Waals surface area contributed by atoms with E-state index in [0.717, 1.165) is 41.7 Å². The van der Waals surface area contributed by atoms with E-state index in [9.17, 15) is 9.59 Å². The Kier molecular flexibility index (Phi) is 6.30. The third-order valence-corrected chi connectivity index (χ3v) is 6.74. The number of carbonyl (C=O) groups excluding carboxylic acids is 1. The third kappa shape index (κ3) is 4.06. The molecule has 5 nitrogen and oxygen atoms in total. The van der Waals surface area contributed by atoms with Crippen LogP contribution in [0.2, 0.25) is 0 Å². The summed E-state index contributed by atoms with van der Waals surface area (Å²) in [6.07, 6.45) is 0.873. The van der Waals surface area contributed by atoms with Gasteiger partial charge in [0.1, 0.15) is 5.58 Å². The molecule has 0 bridgehead atoms. The van der Waals surface area contributed by atoms with Crippen molar-refractivity contribution < 1.29 is 14.1 Å². The van der Waals surface area contributed by atoms with E-state index in [1.54, 1.807) is 12.1 Å². The van der Waals surface area contributed by atoms with Crippen LogP contribution >= 0.6 is 15.9 Å². The monoisotopic (exact) mass is 483 g/mol. The van der Waals surface area contributed by atoms with Gasteiger partial charge in [0, 0.05) is 17.4 Å². The summed E-state index contributed by atoms with van der Waals surface area (Å²) in [6.45, 7) is 10.1. The number of nitrogens with zero attached hydrogens (tertiary/aromatic N) is 1. The van der Waals surface area contributed by atoms with Crippen LogP contribution in [0.25, 0.3) is 11.0 Å². The van der Waals surface area contributed by atoms with Gasteiger partial charge in [-0.25, -0.2) is 0 Å². The standard InChI is InChI=1S/C25H27BrN2O3/c1-4-27(5-2)13-6-14-28-22(17-9-7-16(3)8-10-17)21-23(29)19-15-18(26)11-12-20(19)31-24(21)25(28)30/h7-12,15,22H,4-6,13-14H2,1-3H3/p+1/t22-/m1/s1. The summed E-state index contributed by atoms with van der Waals surface area (Å²) in [7, 11) is 0. The second kappa shape index (κ2) is 8.97. The van der Waals surface area contributed by atoms with Crippen molar-refractivity contribution >= 4 is 32.8 Å². The van der Waals surface area contributed by atoms with Gasteiger partial charge in [0.05, 0.1) is 36.6 Å². The van der Waals surface area contributed by atoms with Crippen LogP contribution in [0.3, 0.4) is 0 Å². The third-order valence-electron chi connectivity index (χ3n) is 6.25. The smallest absolute Gasteiger partial charge is 0.290 e. The van der Waals surface area contributed by atoms with Crippen molar-refractivity contribution in [3.05, 3.63) is 79.6 Å². The molecule has 1 amide bonds. The molecule has 0 fully saturated rings. The fraction of sp³-hybridized carbons (Fsp3) is 0.360. The van der Waals surface area contributed by atoms with Crippen LogP contribution in [0.15, 0.2) is 56.1 Å². The molecule has 162 valence electrons. The molecule has 1 aliphatic rings. The zero-order valence-corrected chi connectivity index (χ0v) is 19.8. The number of amides is 1. The minimum atomic E-state index is -0.422. The number of nitrogens with one attached hydrogen (secondary N) is 1. The van der Waals surface area contributed by atoms with E-state index >= 15 is 0 Å². The molecule has 0 spiro atoms. The summed E-state index contributed by atoms with van der Waals surface area (Å²) in [5.74, 6) is -0.0161. The lowest BCUT2D eigenvalue weighted by molar-refractivity contribution is -0.896. The van der Waals surface area contributed by atoms with Crippen molar-refractivity contribution in [1.82, 2.24) is 4.90 Å². The Hall–Kier alpha value is -2.44. The molecule has 0 saturated heterocycles. The number of rotatable bonds is 7. The highest BCUT2D eigenvalue weighted by Gasteiger charge is 2.42. The molecular formula is C25H28BrN2O3+. The lowest BCUT2D eigenvalue weighted by Crippen LogP contribution is -3.11. The van der Waals surface area contributed by atoms with Crippen molar-refractivity contribution in [3.8, 4) is 0 Å². The van der Waals surface area contributed by atoms with E-state index in [4.69, 9.17) is 4.42 Å². The average molecular weight is 484 g/mol. The van der Waals surface area contributed by atoms with Crippen LogP contribution in [0, 0.1) is 6.92 Å². The Labute approximate surface area is 190 Å². The Morgan fingerprint density at radius 2 is 1.77 bits per heavy atom. The first kappa shape index (κ1) is 21.8. The summed E-state index contributed by atoms with van der Waals surface area (Å²) >= 11 is 3.44. The topological polar surface area (TPSA) is 55.0 Å². The van der Waals surface area contributed by atoms with Crippen LogP contribution in [-0.4, -0.2) is 37.0 Å². The lowest BCUT2D eigenvalue weighted by Gasteiger charge is -2.26. The molecule has 1 N–H and O–H groups in total. The zero-order chi connectivity index (χ0) is 22.1. The molecule has 6 heteroatoms. The van der Waals surface area contributed by atoms with Crippen LogP contribution in [0.1, 0.15) is 53.6 Å². The van der Waals surface area contributed by atoms with Gasteiger partial charge in [0.15, 0.2) is 5.43 Å². The maximum absolute atomic E-state index is 13.5. The van der Waals surface area contributed by atoms with E-state index in [-0.39, 0.29) is 17.1 Å². The fourth-order valence-corrected chi connectivity index (χ4v) is 4.78. The van der Waals surface area contributed by atoms with Crippen LogP contribution in [-0.2, 0) is 0 Å². The zero-order valence-electron chi connectivity index (χ0n) is 18.2. The maximum Gasteiger partial charge on any atom is 0.290 e. The molecule has 0 radical (unpaired) electrons. The van der Waals surface area contributed by atoms with E-state index in [2.05, 4.69) is 29.8 Å². The minimum absolute atomic E-state index is 0.131. The summed E-state index contributed by atoms with van der Waals surface area (Å²) in [6, 6.07) is 13.0. The summed E-state index contributed by atoms with van der Waals surface area (Å²) in [5.41, 5.74) is 2.84. The van der Waals surface area contributed by atoms with Crippen LogP contribution in [0.5, 0.6) is 0 Å². The highest BCUT2D eigenvalue weighted by atomic mass is 79.9. The van der Waals surface area contributed by atoms with E-state index in [0.29, 0.717) is 23.1 Å². The first-order valence-corrected chi connectivity index (χ1v) is 11.7. The molecule has 31 heavy (non-hydrogen) atoms. The summed E-state index contributed by atoms with van der Waals surface area (Å²) in [5, 5.41) is 0.493. The van der Waals surface area contributed by atoms with Gasteiger partial charge in [0.2, 0.25) is 5.76 Å². The Bertz CT molecular complexity index is 1170. The first-order valence-electron chi connectivity index (χ1n) is 10.9. The number of carbonyl (C=O) groups is 1. The molecule has 1 aromatic heterocycles. The average Bonchev–Trinajstić information content (AvgIpc) is 3.04. The molecule has 4 rings (SSSR count). The van der Waals surface area contributed by atoms with E-state index < -0.39 is 6.04 Å². The molecule has 1 aliphatic heterocycles. The molecule has 3 aromatic rings. The highest BCUT2D eigenvalue weighted by Crippen LogP contribution is 2.38. The number of hydrogen-bond donors (Lipinski definition) is 1. The molecule has 0 saturated carbocycles. The second-order valence-electron chi connectivity index (χ2n) is 8.19. The number of benzene rings is 2. The van der Waals surface area contributed by atoms with Gasteiger partial charge in [-0.2, -0.15) is 0 Å². The maximum atomic E-state index is 13.5. The van der Waals surface area contributed by atoms with Gasteiger partial charge < -0.3 is 14.2 Å².